The first-order chi connectivity index (χ1) is 4.73. The fourth-order valence-electron chi connectivity index (χ4n) is 1.44. The van der Waals surface area contributed by atoms with Gasteiger partial charge in [0.25, 0.3) is 0 Å². The number of hydrogen-bond donors (Lipinski definition) is 1. The number of alkyl halides is 1. The molecule has 1 aliphatic rings. The minimum atomic E-state index is -0.256. The number of nitrogens with two attached hydrogens (primary N) is 1. The summed E-state index contributed by atoms with van der Waals surface area (Å²) in [6.45, 7) is 2.19. The molecule has 1 aliphatic carbocycles. The predicted octanol–water partition coefficient (Wildman–Crippen LogP) is 1.72. The zero-order valence-corrected chi connectivity index (χ0v) is 6.57. The molecule has 0 aromatic rings. The van der Waals surface area contributed by atoms with Gasteiger partial charge in [-0.05, 0) is 18.8 Å². The SMILES string of the molecule is CC(CN)(CF)C1CCC1. The molecule has 10 heavy (non-hydrogen) atoms. The summed E-state index contributed by atoms with van der Waals surface area (Å²) in [5.41, 5.74) is 5.28. The molecule has 1 nitrogen and oxygen atoms in total. The average Bonchev–Trinajstić information content (AvgIpc) is 1.84. The lowest BCUT2D eigenvalue weighted by Gasteiger charge is -2.40. The van der Waals surface area contributed by atoms with Crippen LogP contribution in [0.3, 0.4) is 0 Å². The maximum absolute atomic E-state index is 12.4. The van der Waals surface area contributed by atoms with Crippen molar-refractivity contribution in [1.29, 1.82) is 0 Å². The van der Waals surface area contributed by atoms with Gasteiger partial charge >= 0.3 is 0 Å². The smallest absolute Gasteiger partial charge is 0.0962 e. The van der Waals surface area contributed by atoms with Crippen LogP contribution in [-0.4, -0.2) is 13.2 Å². The molecular weight excluding hydrogens is 129 g/mol. The number of hydrogen-bond acceptors (Lipinski definition) is 1. The summed E-state index contributed by atoms with van der Waals surface area (Å²) in [6, 6.07) is 0. The van der Waals surface area contributed by atoms with Crippen molar-refractivity contribution in [1.82, 2.24) is 0 Å². The highest BCUT2D eigenvalue weighted by Gasteiger charge is 2.36. The lowest BCUT2D eigenvalue weighted by molar-refractivity contribution is 0.0793. The van der Waals surface area contributed by atoms with Crippen molar-refractivity contribution in [2.75, 3.05) is 13.2 Å². The first kappa shape index (κ1) is 7.99. The average molecular weight is 145 g/mol. The van der Waals surface area contributed by atoms with Gasteiger partial charge in [0, 0.05) is 12.0 Å². The molecule has 1 fully saturated rings. The Kier molecular flexibility index (Phi) is 2.29. The Morgan fingerprint density at radius 1 is 1.60 bits per heavy atom. The lowest BCUT2D eigenvalue weighted by Crippen LogP contribution is -2.40. The molecule has 1 rings (SSSR count). The third-order valence-corrected chi connectivity index (χ3v) is 2.86. The van der Waals surface area contributed by atoms with E-state index in [1.54, 1.807) is 0 Å². The molecule has 2 N–H and O–H groups in total. The minimum absolute atomic E-state index is 0.210. The van der Waals surface area contributed by atoms with Crippen molar-refractivity contribution >= 4 is 0 Å². The molecule has 60 valence electrons. The van der Waals surface area contributed by atoms with Crippen LogP contribution < -0.4 is 5.73 Å². The van der Waals surface area contributed by atoms with E-state index in [2.05, 4.69) is 0 Å². The zero-order chi connectivity index (χ0) is 7.61. The molecule has 0 bridgehead atoms. The second-order valence-corrected chi connectivity index (χ2v) is 3.62. The van der Waals surface area contributed by atoms with Crippen LogP contribution in [0.1, 0.15) is 26.2 Å². The highest BCUT2D eigenvalue weighted by molar-refractivity contribution is 4.87. The van der Waals surface area contributed by atoms with Crippen LogP contribution in [-0.2, 0) is 0 Å². The molecule has 0 aliphatic heterocycles. The number of halogens is 1. The van der Waals surface area contributed by atoms with Crippen molar-refractivity contribution in [3.05, 3.63) is 0 Å². The summed E-state index contributed by atoms with van der Waals surface area (Å²) in [7, 11) is 0. The fraction of sp³-hybridized carbons (Fsp3) is 1.00. The van der Waals surface area contributed by atoms with Crippen molar-refractivity contribution < 1.29 is 4.39 Å². The van der Waals surface area contributed by atoms with Crippen molar-refractivity contribution in [3.63, 3.8) is 0 Å². The fourth-order valence-corrected chi connectivity index (χ4v) is 1.44. The van der Waals surface area contributed by atoms with E-state index in [-0.39, 0.29) is 12.1 Å². The normalized spacial score (nSPS) is 25.5. The Hall–Kier alpha value is -0.110. The summed E-state index contributed by atoms with van der Waals surface area (Å²) in [5.74, 6) is 0.558. The molecule has 1 unspecified atom stereocenters. The van der Waals surface area contributed by atoms with Crippen LogP contribution in [0.25, 0.3) is 0 Å². The van der Waals surface area contributed by atoms with Gasteiger partial charge in [0.2, 0.25) is 0 Å². The van der Waals surface area contributed by atoms with Crippen LogP contribution >= 0.6 is 0 Å². The minimum Gasteiger partial charge on any atom is -0.330 e. The summed E-state index contributed by atoms with van der Waals surface area (Å²) in [4.78, 5) is 0. The molecule has 0 aromatic heterocycles. The van der Waals surface area contributed by atoms with Crippen molar-refractivity contribution in [2.24, 2.45) is 17.1 Å². The third kappa shape index (κ3) is 1.17. The Labute approximate surface area is 61.8 Å². The van der Waals surface area contributed by atoms with Gasteiger partial charge < -0.3 is 5.73 Å². The van der Waals surface area contributed by atoms with E-state index < -0.39 is 0 Å². The van der Waals surface area contributed by atoms with Gasteiger partial charge in [-0.1, -0.05) is 13.3 Å². The first-order valence-electron chi connectivity index (χ1n) is 3.99. The predicted molar refractivity (Wildman–Crippen MR) is 40.5 cm³/mol. The molecule has 0 heterocycles. The van der Waals surface area contributed by atoms with Gasteiger partial charge in [0.05, 0.1) is 6.67 Å². The van der Waals surface area contributed by atoms with Gasteiger partial charge in [-0.25, -0.2) is 0 Å². The van der Waals surface area contributed by atoms with Gasteiger partial charge in [0.1, 0.15) is 0 Å². The van der Waals surface area contributed by atoms with E-state index in [0.717, 1.165) is 0 Å². The molecule has 0 aromatic carbocycles. The van der Waals surface area contributed by atoms with Crippen LogP contribution in [0.15, 0.2) is 0 Å². The van der Waals surface area contributed by atoms with Crippen LogP contribution in [0, 0.1) is 11.3 Å². The molecular formula is C8H16FN. The van der Waals surface area contributed by atoms with Gasteiger partial charge in [0.15, 0.2) is 0 Å². The van der Waals surface area contributed by atoms with E-state index in [0.29, 0.717) is 12.5 Å². The summed E-state index contributed by atoms with van der Waals surface area (Å²) in [5, 5.41) is 0. The highest BCUT2D eigenvalue weighted by atomic mass is 19.1. The Balaban J connectivity index is 2.44. The molecule has 1 atom stereocenters. The third-order valence-electron chi connectivity index (χ3n) is 2.86. The van der Waals surface area contributed by atoms with E-state index in [1.165, 1.54) is 19.3 Å². The van der Waals surface area contributed by atoms with Crippen molar-refractivity contribution in [2.45, 2.75) is 26.2 Å². The van der Waals surface area contributed by atoms with Gasteiger partial charge in [-0.3, -0.25) is 4.39 Å². The molecule has 0 saturated heterocycles. The summed E-state index contributed by atoms with van der Waals surface area (Å²) < 4.78 is 12.4. The topological polar surface area (TPSA) is 26.0 Å². The van der Waals surface area contributed by atoms with Crippen LogP contribution in [0.4, 0.5) is 4.39 Å². The first-order valence-corrected chi connectivity index (χ1v) is 3.99. The second-order valence-electron chi connectivity index (χ2n) is 3.62. The molecule has 2 heteroatoms. The summed E-state index contributed by atoms with van der Waals surface area (Å²) in [6.07, 6.45) is 3.62. The van der Waals surface area contributed by atoms with Gasteiger partial charge in [-0.15, -0.1) is 0 Å². The lowest BCUT2D eigenvalue weighted by atomic mass is 9.67. The molecule has 1 saturated carbocycles. The quantitative estimate of drug-likeness (QED) is 0.643. The maximum Gasteiger partial charge on any atom is 0.0962 e. The second kappa shape index (κ2) is 2.87. The number of rotatable bonds is 3. The van der Waals surface area contributed by atoms with Crippen LogP contribution in [0.5, 0.6) is 0 Å². The van der Waals surface area contributed by atoms with E-state index in [9.17, 15) is 4.39 Å². The maximum atomic E-state index is 12.4. The van der Waals surface area contributed by atoms with Gasteiger partial charge in [-0.2, -0.15) is 0 Å². The van der Waals surface area contributed by atoms with E-state index in [1.807, 2.05) is 6.92 Å². The Bertz CT molecular complexity index is 106. The Morgan fingerprint density at radius 3 is 2.30 bits per heavy atom. The van der Waals surface area contributed by atoms with E-state index in [4.69, 9.17) is 5.73 Å². The zero-order valence-electron chi connectivity index (χ0n) is 6.57. The molecule has 0 radical (unpaired) electrons. The molecule has 0 amide bonds. The van der Waals surface area contributed by atoms with E-state index >= 15 is 0 Å². The monoisotopic (exact) mass is 145 g/mol. The van der Waals surface area contributed by atoms with Crippen molar-refractivity contribution in [3.8, 4) is 0 Å². The summed E-state index contributed by atoms with van der Waals surface area (Å²) >= 11 is 0. The standard InChI is InChI=1S/C8H16FN/c1-8(5-9,6-10)7-3-2-4-7/h7H,2-6,10H2,1H3. The molecule has 0 spiro atoms. The highest BCUT2D eigenvalue weighted by Crippen LogP contribution is 2.41. The Morgan fingerprint density at radius 2 is 2.20 bits per heavy atom. The largest absolute Gasteiger partial charge is 0.330 e. The van der Waals surface area contributed by atoms with Crippen LogP contribution in [0.2, 0.25) is 0 Å².